The molecule has 3 aliphatic rings. The van der Waals surface area contributed by atoms with Crippen molar-refractivity contribution < 1.29 is 35.6 Å². The highest BCUT2D eigenvalue weighted by Crippen LogP contribution is 2.68. The van der Waals surface area contributed by atoms with Gasteiger partial charge in [0.15, 0.2) is 5.60 Å². The van der Waals surface area contributed by atoms with Crippen molar-refractivity contribution in [3.8, 4) is 0 Å². The molecule has 0 unspecified atom stereocenters. The van der Waals surface area contributed by atoms with Gasteiger partial charge in [0.2, 0.25) is 0 Å². The minimum Gasteiger partial charge on any atom is -0.359 e. The second kappa shape index (κ2) is 9.60. The number of alkyl halides is 6. The molecule has 3 aromatic carbocycles. The quantitative estimate of drug-likeness (QED) is 0.212. The zero-order valence-corrected chi connectivity index (χ0v) is 23.1. The molecular weight excluding hydrogens is 540 g/mol. The minimum absolute atomic E-state index is 0.0592. The lowest BCUT2D eigenvalue weighted by atomic mass is 9.73. The van der Waals surface area contributed by atoms with Crippen molar-refractivity contribution in [1.82, 2.24) is 0 Å². The first-order valence-electron chi connectivity index (χ1n) is 14.2. The van der Waals surface area contributed by atoms with Gasteiger partial charge in [0.05, 0.1) is 30.2 Å². The molecule has 2 saturated heterocycles. The summed E-state index contributed by atoms with van der Waals surface area (Å²) >= 11 is 0. The standard InChI is InChI=1S/C33H34F6NO/c1-22-18-40(19-24-15-26(32(34,35)36)17-27(16-24)33(37,38)39)21-31(25-11-7-4-8-12-25,29-14-13-28(22)30(29,40)2)41-20-23-9-5-3-6-10-23/h3-12,15-17,22,28-29H,13-14,18-21H2,1-2H3/q+1/t22-,28+,29+,30-,31+,40-/m1/s1. The van der Waals surface area contributed by atoms with Crippen molar-refractivity contribution in [2.45, 2.75) is 63.3 Å². The van der Waals surface area contributed by atoms with Crippen molar-refractivity contribution in [2.24, 2.45) is 17.8 Å². The molecule has 3 fully saturated rings. The van der Waals surface area contributed by atoms with E-state index in [0.717, 1.165) is 36.1 Å². The van der Waals surface area contributed by atoms with Crippen LogP contribution in [0.15, 0.2) is 78.9 Å². The Morgan fingerprint density at radius 2 is 1.39 bits per heavy atom. The Hall–Kier alpha value is -2.84. The van der Waals surface area contributed by atoms with Crippen LogP contribution in [0.25, 0.3) is 0 Å². The fraction of sp³-hybridized carbons (Fsp3) is 0.455. The average molecular weight is 575 g/mol. The molecular formula is C33H34F6NO+. The van der Waals surface area contributed by atoms with Crippen LogP contribution in [0.3, 0.4) is 0 Å². The van der Waals surface area contributed by atoms with Gasteiger partial charge in [-0.25, -0.2) is 0 Å². The summed E-state index contributed by atoms with van der Waals surface area (Å²) in [5, 5.41) is 0. The molecule has 3 aromatic rings. The van der Waals surface area contributed by atoms with Crippen LogP contribution in [0, 0.1) is 17.8 Å². The van der Waals surface area contributed by atoms with Gasteiger partial charge in [0, 0.05) is 17.4 Å². The van der Waals surface area contributed by atoms with Crippen LogP contribution in [0.2, 0.25) is 0 Å². The summed E-state index contributed by atoms with van der Waals surface area (Å²) < 4.78 is 90.2. The summed E-state index contributed by atoms with van der Waals surface area (Å²) in [5.74, 6) is 0.649. The molecule has 1 aliphatic carbocycles. The molecule has 41 heavy (non-hydrogen) atoms. The lowest BCUT2D eigenvalue weighted by molar-refractivity contribution is -0.968. The summed E-state index contributed by atoms with van der Waals surface area (Å²) in [6.45, 7) is 6.02. The monoisotopic (exact) mass is 574 g/mol. The fourth-order valence-electron chi connectivity index (χ4n) is 8.89. The van der Waals surface area contributed by atoms with Gasteiger partial charge in [-0.05, 0) is 49.1 Å². The van der Waals surface area contributed by atoms with Crippen molar-refractivity contribution >= 4 is 0 Å². The first-order valence-corrected chi connectivity index (χ1v) is 14.2. The third-order valence-electron chi connectivity index (χ3n) is 10.4. The van der Waals surface area contributed by atoms with Gasteiger partial charge >= 0.3 is 12.4 Å². The van der Waals surface area contributed by atoms with E-state index in [9.17, 15) is 26.3 Å². The highest BCUT2D eigenvalue weighted by atomic mass is 19.4. The van der Waals surface area contributed by atoms with Crippen LogP contribution in [0.5, 0.6) is 0 Å². The van der Waals surface area contributed by atoms with E-state index in [2.05, 4.69) is 26.0 Å². The molecule has 6 rings (SSSR count). The predicted molar refractivity (Wildman–Crippen MR) is 143 cm³/mol. The molecule has 0 aromatic heterocycles. The summed E-state index contributed by atoms with van der Waals surface area (Å²) in [6, 6.07) is 21.9. The van der Waals surface area contributed by atoms with E-state index in [0.29, 0.717) is 36.0 Å². The fourth-order valence-corrected chi connectivity index (χ4v) is 8.89. The second-order valence-electron chi connectivity index (χ2n) is 12.5. The van der Waals surface area contributed by atoms with Gasteiger partial charge in [0.1, 0.15) is 18.6 Å². The van der Waals surface area contributed by atoms with Crippen LogP contribution < -0.4 is 0 Å². The Balaban J connectivity index is 1.48. The molecule has 218 valence electrons. The zero-order valence-electron chi connectivity index (χ0n) is 23.1. The Kier molecular flexibility index (Phi) is 6.62. The van der Waals surface area contributed by atoms with Gasteiger partial charge in [-0.2, -0.15) is 26.3 Å². The highest BCUT2D eigenvalue weighted by molar-refractivity contribution is 5.35. The lowest BCUT2D eigenvalue weighted by Gasteiger charge is -2.43. The SMILES string of the molecule is C[C@@H]1C[N@@+]2(Cc3cc(C(F)(F)F)cc(C(F)(F)F)c3)C[C@](OCc3ccccc3)(c3ccccc3)[C@H]3CC[C@@H]1[C@]32C. The highest BCUT2D eigenvalue weighted by Gasteiger charge is 2.78. The van der Waals surface area contributed by atoms with E-state index < -0.39 is 29.1 Å². The first-order chi connectivity index (χ1) is 19.3. The lowest BCUT2D eigenvalue weighted by Crippen LogP contribution is -2.57. The van der Waals surface area contributed by atoms with Crippen LogP contribution in [0.4, 0.5) is 26.3 Å². The van der Waals surface area contributed by atoms with Crippen LogP contribution in [-0.4, -0.2) is 23.1 Å². The van der Waals surface area contributed by atoms with Crippen molar-refractivity contribution in [2.75, 3.05) is 13.1 Å². The van der Waals surface area contributed by atoms with E-state index >= 15 is 0 Å². The maximum absolute atomic E-state index is 13.8. The summed E-state index contributed by atoms with van der Waals surface area (Å²) in [7, 11) is 0. The van der Waals surface area contributed by atoms with E-state index in [-0.39, 0.29) is 29.6 Å². The van der Waals surface area contributed by atoms with E-state index in [4.69, 9.17) is 4.74 Å². The molecule has 0 spiro atoms. The Morgan fingerprint density at radius 1 is 0.805 bits per heavy atom. The number of nitrogens with zero attached hydrogens (tertiary/aromatic N) is 1. The maximum atomic E-state index is 13.8. The summed E-state index contributed by atoms with van der Waals surface area (Å²) in [4.78, 5) is 0. The molecule has 2 heterocycles. The topological polar surface area (TPSA) is 9.23 Å². The largest absolute Gasteiger partial charge is 0.416 e. The molecule has 0 amide bonds. The molecule has 8 heteroatoms. The van der Waals surface area contributed by atoms with E-state index in [1.807, 2.05) is 48.5 Å². The molecule has 2 nitrogen and oxygen atoms in total. The van der Waals surface area contributed by atoms with Crippen LogP contribution in [-0.2, 0) is 35.8 Å². The third-order valence-corrected chi connectivity index (χ3v) is 10.4. The average Bonchev–Trinajstić information content (AvgIpc) is 3.47. The third kappa shape index (κ3) is 4.49. The summed E-state index contributed by atoms with van der Waals surface area (Å²) in [5.41, 5.74) is -1.51. The Labute approximate surface area is 236 Å². The van der Waals surface area contributed by atoms with Gasteiger partial charge in [0.25, 0.3) is 0 Å². The van der Waals surface area contributed by atoms with E-state index in [1.54, 1.807) is 0 Å². The first kappa shape index (κ1) is 28.3. The number of benzene rings is 3. The molecule has 6 atom stereocenters. The van der Waals surface area contributed by atoms with Gasteiger partial charge in [-0.3, -0.25) is 0 Å². The van der Waals surface area contributed by atoms with Gasteiger partial charge < -0.3 is 9.22 Å². The normalized spacial score (nSPS) is 32.8. The summed E-state index contributed by atoms with van der Waals surface area (Å²) in [6.07, 6.45) is -7.91. The maximum Gasteiger partial charge on any atom is 0.416 e. The van der Waals surface area contributed by atoms with E-state index in [1.165, 1.54) is 0 Å². The number of hydrogen-bond donors (Lipinski definition) is 0. The molecule has 0 bridgehead atoms. The molecule has 1 saturated carbocycles. The molecule has 2 aliphatic heterocycles. The smallest absolute Gasteiger partial charge is 0.359 e. The van der Waals surface area contributed by atoms with Crippen molar-refractivity contribution in [1.29, 1.82) is 0 Å². The number of quaternary nitrogens is 1. The van der Waals surface area contributed by atoms with Crippen molar-refractivity contribution in [3.05, 3.63) is 107 Å². The molecule has 0 N–H and O–H groups in total. The predicted octanol–water partition coefficient (Wildman–Crippen LogP) is 8.60. The minimum atomic E-state index is -4.88. The molecule has 0 radical (unpaired) electrons. The Bertz CT molecular complexity index is 1370. The van der Waals surface area contributed by atoms with Gasteiger partial charge in [-0.1, -0.05) is 67.6 Å². The number of hydrogen-bond acceptors (Lipinski definition) is 1. The number of halogens is 6. The number of rotatable bonds is 6. The second-order valence-corrected chi connectivity index (χ2v) is 12.5. The van der Waals surface area contributed by atoms with Crippen LogP contribution >= 0.6 is 0 Å². The van der Waals surface area contributed by atoms with Crippen molar-refractivity contribution in [3.63, 3.8) is 0 Å². The Morgan fingerprint density at radius 3 is 1.98 bits per heavy atom. The number of ether oxygens (including phenoxy) is 1. The van der Waals surface area contributed by atoms with Crippen LogP contribution in [0.1, 0.15) is 54.5 Å². The zero-order chi connectivity index (χ0) is 29.3. The van der Waals surface area contributed by atoms with Gasteiger partial charge in [-0.15, -0.1) is 0 Å².